The maximum Gasteiger partial charge on any atom is 0.0368 e. The van der Waals surface area contributed by atoms with Gasteiger partial charge < -0.3 is 25.8 Å². The van der Waals surface area contributed by atoms with Gasteiger partial charge in [-0.05, 0) is 71.8 Å². The second kappa shape index (κ2) is 8.52. The lowest BCUT2D eigenvalue weighted by Gasteiger charge is -2.21. The highest BCUT2D eigenvalue weighted by molar-refractivity contribution is 5.53. The van der Waals surface area contributed by atoms with E-state index >= 15 is 0 Å². The van der Waals surface area contributed by atoms with E-state index in [-0.39, 0.29) is 0 Å². The third-order valence-corrected chi connectivity index (χ3v) is 4.92. The number of rotatable bonds is 3. The van der Waals surface area contributed by atoms with Gasteiger partial charge in [0.15, 0.2) is 0 Å². The van der Waals surface area contributed by atoms with Crippen LogP contribution in [0.3, 0.4) is 0 Å². The highest BCUT2D eigenvalue weighted by Gasteiger charge is 2.23. The number of nitrogens with zero attached hydrogens (tertiary/aromatic N) is 3. The maximum absolute atomic E-state index is 5.67. The molecule has 130 valence electrons. The van der Waals surface area contributed by atoms with Crippen LogP contribution in [0.2, 0.25) is 0 Å². The molecular weight excluding hydrogens is 286 g/mol. The largest absolute Gasteiger partial charge is 0.399 e. The molecule has 0 radical (unpaired) electrons. The quantitative estimate of drug-likeness (QED) is 0.823. The van der Waals surface area contributed by atoms with Gasteiger partial charge in [0.1, 0.15) is 0 Å². The number of nitrogen functional groups attached to an aromatic ring is 1. The minimum Gasteiger partial charge on any atom is -0.399 e. The average molecular weight is 319 g/mol. The number of nitrogens with two attached hydrogens (primary N) is 1. The second-order valence-corrected chi connectivity index (χ2v) is 7.05. The van der Waals surface area contributed by atoms with Crippen molar-refractivity contribution in [2.45, 2.75) is 24.9 Å². The molecule has 3 rings (SSSR count). The van der Waals surface area contributed by atoms with E-state index < -0.39 is 0 Å². The Morgan fingerprint density at radius 2 is 1.65 bits per heavy atom. The number of likely N-dealkylation sites (N-methyl/N-ethyl adjacent to an activating group) is 2. The van der Waals surface area contributed by atoms with Crippen LogP contribution in [0.4, 0.5) is 11.4 Å². The van der Waals surface area contributed by atoms with Crippen LogP contribution < -0.4 is 16.0 Å². The molecule has 1 aromatic rings. The van der Waals surface area contributed by atoms with Crippen LogP contribution >= 0.6 is 0 Å². The molecule has 0 amide bonds. The van der Waals surface area contributed by atoms with Crippen molar-refractivity contribution in [1.29, 1.82) is 0 Å². The van der Waals surface area contributed by atoms with Gasteiger partial charge in [0.25, 0.3) is 0 Å². The fraction of sp³-hybridized carbons (Fsp3) is 0.667. The van der Waals surface area contributed by atoms with E-state index in [1.165, 1.54) is 31.6 Å². The van der Waals surface area contributed by atoms with Crippen LogP contribution in [0.1, 0.15) is 12.8 Å². The molecule has 1 aromatic carbocycles. The molecule has 2 fully saturated rings. The lowest BCUT2D eigenvalue weighted by atomic mass is 10.2. The lowest BCUT2D eigenvalue weighted by Crippen LogP contribution is -2.31. The molecule has 5 heteroatoms. The van der Waals surface area contributed by atoms with Crippen LogP contribution in [-0.4, -0.2) is 76.3 Å². The average Bonchev–Trinajstić information content (AvgIpc) is 3.20. The first kappa shape index (κ1) is 18.0. The molecule has 5 nitrogen and oxygen atoms in total. The smallest absolute Gasteiger partial charge is 0.0368 e. The Balaban J connectivity index is 0.000000203. The third-order valence-electron chi connectivity index (χ3n) is 4.92. The van der Waals surface area contributed by atoms with E-state index in [0.29, 0.717) is 6.04 Å². The summed E-state index contributed by atoms with van der Waals surface area (Å²) in [5.41, 5.74) is 7.80. The zero-order chi connectivity index (χ0) is 16.8. The molecule has 0 bridgehead atoms. The predicted octanol–water partition coefficient (Wildman–Crippen LogP) is 1.32. The summed E-state index contributed by atoms with van der Waals surface area (Å²) in [4.78, 5) is 7.00. The van der Waals surface area contributed by atoms with Gasteiger partial charge in [-0.15, -0.1) is 0 Å². The fourth-order valence-corrected chi connectivity index (χ4v) is 3.16. The number of hydrogen-bond acceptors (Lipinski definition) is 5. The zero-order valence-electron chi connectivity index (χ0n) is 15.1. The van der Waals surface area contributed by atoms with Gasteiger partial charge in [-0.2, -0.15) is 0 Å². The topological polar surface area (TPSA) is 47.8 Å². The molecule has 0 aliphatic carbocycles. The van der Waals surface area contributed by atoms with Gasteiger partial charge in [0.05, 0.1) is 0 Å². The number of anilines is 2. The monoisotopic (exact) mass is 319 g/mol. The van der Waals surface area contributed by atoms with Crippen LogP contribution in [-0.2, 0) is 0 Å². The molecule has 3 N–H and O–H groups in total. The summed E-state index contributed by atoms with van der Waals surface area (Å²) < 4.78 is 0. The van der Waals surface area contributed by atoms with E-state index in [1.54, 1.807) is 0 Å². The van der Waals surface area contributed by atoms with Gasteiger partial charge in [-0.25, -0.2) is 0 Å². The molecule has 0 spiro atoms. The van der Waals surface area contributed by atoms with E-state index in [9.17, 15) is 0 Å². The Bertz CT molecular complexity index is 451. The summed E-state index contributed by atoms with van der Waals surface area (Å²) in [6.45, 7) is 4.64. The maximum atomic E-state index is 5.67. The Morgan fingerprint density at radius 1 is 1.00 bits per heavy atom. The molecule has 2 aliphatic rings. The van der Waals surface area contributed by atoms with Crippen LogP contribution in [0.25, 0.3) is 0 Å². The van der Waals surface area contributed by atoms with Gasteiger partial charge in [0.2, 0.25) is 0 Å². The Kier molecular flexibility index (Phi) is 6.69. The van der Waals surface area contributed by atoms with Gasteiger partial charge in [-0.1, -0.05) is 0 Å². The van der Waals surface area contributed by atoms with E-state index in [0.717, 1.165) is 24.8 Å². The van der Waals surface area contributed by atoms with E-state index in [4.69, 9.17) is 5.73 Å². The summed E-state index contributed by atoms with van der Waals surface area (Å²) in [7, 11) is 8.57. The number of hydrogen-bond donors (Lipinski definition) is 2. The van der Waals surface area contributed by atoms with Crippen molar-refractivity contribution in [2.75, 3.05) is 65.0 Å². The standard InChI is InChI=1S/C12H19N3.C6H14N2/c1-14(2)12-7-8-15(9-12)11-5-3-10(13)4-6-11;1-8(2)6-3-4-7-5-6/h3-6,12H,7-9,13H2,1-2H3;6-7H,3-5H2,1-2H3. The molecule has 2 aliphatic heterocycles. The Morgan fingerprint density at radius 3 is 2.09 bits per heavy atom. The highest BCUT2D eigenvalue weighted by atomic mass is 15.2. The Labute approximate surface area is 141 Å². The molecule has 0 aromatic heterocycles. The summed E-state index contributed by atoms with van der Waals surface area (Å²) in [5, 5.41) is 3.31. The van der Waals surface area contributed by atoms with Crippen molar-refractivity contribution in [3.8, 4) is 0 Å². The molecule has 2 atom stereocenters. The van der Waals surface area contributed by atoms with Gasteiger partial charge in [0, 0.05) is 43.1 Å². The van der Waals surface area contributed by atoms with E-state index in [2.05, 4.69) is 60.3 Å². The van der Waals surface area contributed by atoms with Crippen LogP contribution in [0.15, 0.2) is 24.3 Å². The highest BCUT2D eigenvalue weighted by Crippen LogP contribution is 2.22. The number of nitrogens with one attached hydrogen (secondary N) is 1. The Hall–Kier alpha value is -1.30. The van der Waals surface area contributed by atoms with Crippen molar-refractivity contribution < 1.29 is 0 Å². The third kappa shape index (κ3) is 5.37. The predicted molar refractivity (Wildman–Crippen MR) is 100 cm³/mol. The summed E-state index contributed by atoms with van der Waals surface area (Å²) in [6.07, 6.45) is 2.56. The first-order valence-corrected chi connectivity index (χ1v) is 8.61. The fourth-order valence-electron chi connectivity index (χ4n) is 3.16. The summed E-state index contributed by atoms with van der Waals surface area (Å²) >= 11 is 0. The normalized spacial score (nSPS) is 24.2. The zero-order valence-corrected chi connectivity index (χ0v) is 15.1. The molecule has 2 saturated heterocycles. The second-order valence-electron chi connectivity index (χ2n) is 7.05. The van der Waals surface area contributed by atoms with Crippen molar-refractivity contribution in [2.24, 2.45) is 0 Å². The van der Waals surface area contributed by atoms with Crippen LogP contribution in [0, 0.1) is 0 Å². The van der Waals surface area contributed by atoms with Crippen molar-refractivity contribution in [3.63, 3.8) is 0 Å². The molecule has 23 heavy (non-hydrogen) atoms. The SMILES string of the molecule is CN(C)C1CCN(c2ccc(N)cc2)C1.CN(C)C1CCNC1. The molecular formula is C18H33N5. The first-order chi connectivity index (χ1) is 11.0. The molecule has 0 saturated carbocycles. The van der Waals surface area contributed by atoms with Crippen molar-refractivity contribution in [1.82, 2.24) is 15.1 Å². The van der Waals surface area contributed by atoms with E-state index in [1.807, 2.05) is 12.1 Å². The van der Waals surface area contributed by atoms with Crippen molar-refractivity contribution >= 4 is 11.4 Å². The van der Waals surface area contributed by atoms with Crippen molar-refractivity contribution in [3.05, 3.63) is 24.3 Å². The first-order valence-electron chi connectivity index (χ1n) is 8.61. The molecule has 2 heterocycles. The minimum atomic E-state index is 0.683. The van der Waals surface area contributed by atoms with Crippen LogP contribution in [0.5, 0.6) is 0 Å². The number of benzene rings is 1. The summed E-state index contributed by atoms with van der Waals surface area (Å²) in [6, 6.07) is 9.62. The lowest BCUT2D eigenvalue weighted by molar-refractivity contribution is 0.313. The minimum absolute atomic E-state index is 0.683. The molecule has 2 unspecified atom stereocenters. The van der Waals surface area contributed by atoms with Gasteiger partial charge in [-0.3, -0.25) is 0 Å². The van der Waals surface area contributed by atoms with Gasteiger partial charge >= 0.3 is 0 Å². The summed E-state index contributed by atoms with van der Waals surface area (Å²) in [5.74, 6) is 0.